The van der Waals surface area contributed by atoms with Gasteiger partial charge < -0.3 is 5.21 Å². The SMILES string of the molecule is CCC1C(=O)N(O)N(O)[N+]1([O-])O. The Balaban J connectivity index is 2.96. The average molecular weight is 179 g/mol. The van der Waals surface area contributed by atoms with E-state index in [0.29, 0.717) is 0 Å². The van der Waals surface area contributed by atoms with Crippen LogP contribution < -0.4 is 0 Å². The number of hydrogen-bond donors (Lipinski definition) is 3. The van der Waals surface area contributed by atoms with Gasteiger partial charge >= 0.3 is 5.91 Å². The third-order valence-corrected chi connectivity index (χ3v) is 1.70. The average Bonchev–Trinajstić information content (AvgIpc) is 2.13. The molecular weight excluding hydrogens is 170 g/mol. The quantitative estimate of drug-likeness (QED) is 0.277. The summed E-state index contributed by atoms with van der Waals surface area (Å²) in [6.45, 7) is 1.47. The summed E-state index contributed by atoms with van der Waals surface area (Å²) in [4.78, 5) is 8.55. The van der Waals surface area contributed by atoms with E-state index in [9.17, 15) is 10.0 Å². The van der Waals surface area contributed by atoms with Crippen molar-refractivity contribution < 1.29 is 25.3 Å². The van der Waals surface area contributed by atoms with Crippen LogP contribution in [0.4, 0.5) is 0 Å². The molecule has 0 radical (unpaired) electrons. The molecule has 1 heterocycles. The van der Waals surface area contributed by atoms with Gasteiger partial charge in [0, 0.05) is 6.42 Å². The highest BCUT2D eigenvalue weighted by Gasteiger charge is 2.54. The molecule has 1 aliphatic heterocycles. The van der Waals surface area contributed by atoms with Crippen LogP contribution in [0, 0.1) is 5.21 Å². The Hall–Kier alpha value is -0.770. The first kappa shape index (κ1) is 9.32. The van der Waals surface area contributed by atoms with Gasteiger partial charge in [-0.1, -0.05) is 17.0 Å². The first-order valence-corrected chi connectivity index (χ1v) is 3.27. The van der Waals surface area contributed by atoms with Crippen molar-refractivity contribution in [3.05, 3.63) is 5.21 Å². The summed E-state index contributed by atoms with van der Waals surface area (Å²) in [5.41, 5.74) is 0. The lowest BCUT2D eigenvalue weighted by Crippen LogP contribution is -2.53. The highest BCUT2D eigenvalue weighted by molar-refractivity contribution is 5.79. The molecule has 8 heteroatoms. The van der Waals surface area contributed by atoms with Crippen LogP contribution in [0.25, 0.3) is 0 Å². The predicted molar refractivity (Wildman–Crippen MR) is 31.8 cm³/mol. The summed E-state index contributed by atoms with van der Waals surface area (Å²) in [6, 6.07) is -1.42. The molecule has 8 nitrogen and oxygen atoms in total. The largest absolute Gasteiger partial charge is 0.574 e. The first-order chi connectivity index (χ1) is 5.42. The second-order valence-corrected chi connectivity index (χ2v) is 2.41. The summed E-state index contributed by atoms with van der Waals surface area (Å²) in [6.07, 6.45) is 0.00690. The molecule has 0 aliphatic carbocycles. The number of hydroxylamine groups is 3. The van der Waals surface area contributed by atoms with Crippen LogP contribution in [0.15, 0.2) is 0 Å². The zero-order chi connectivity index (χ0) is 9.52. The van der Waals surface area contributed by atoms with Crippen molar-refractivity contribution in [1.29, 1.82) is 0 Å². The van der Waals surface area contributed by atoms with Crippen LogP contribution in [-0.4, -0.2) is 42.9 Å². The lowest BCUT2D eigenvalue weighted by Gasteiger charge is -2.32. The maximum absolute atomic E-state index is 11.0. The Bertz CT molecular complexity index is 207. The third-order valence-electron chi connectivity index (χ3n) is 1.70. The number of hydrogen-bond acceptors (Lipinski definition) is 6. The zero-order valence-corrected chi connectivity index (χ0v) is 6.28. The molecule has 1 aliphatic rings. The van der Waals surface area contributed by atoms with E-state index in [2.05, 4.69) is 0 Å². The number of hydrazine groups is 1. The fourth-order valence-corrected chi connectivity index (χ4v) is 1.02. The monoisotopic (exact) mass is 179 g/mol. The smallest absolute Gasteiger partial charge is 0.331 e. The highest BCUT2D eigenvalue weighted by Crippen LogP contribution is 2.24. The van der Waals surface area contributed by atoms with E-state index < -0.39 is 22.1 Å². The van der Waals surface area contributed by atoms with Gasteiger partial charge in [0.15, 0.2) is 0 Å². The van der Waals surface area contributed by atoms with Gasteiger partial charge in [0.2, 0.25) is 6.04 Å². The number of carbonyl (C=O) groups excluding carboxylic acids is 1. The topological polar surface area (TPSA) is 107 Å². The van der Waals surface area contributed by atoms with Gasteiger partial charge in [-0.3, -0.25) is 10.0 Å². The molecule has 1 rings (SSSR count). The second-order valence-electron chi connectivity index (χ2n) is 2.41. The summed E-state index contributed by atoms with van der Waals surface area (Å²) in [5.74, 6) is -1.04. The molecule has 0 saturated carbocycles. The van der Waals surface area contributed by atoms with Crippen LogP contribution in [0.5, 0.6) is 0 Å². The molecule has 70 valence electrons. The Morgan fingerprint density at radius 3 is 2.33 bits per heavy atom. The van der Waals surface area contributed by atoms with Crippen molar-refractivity contribution in [2.24, 2.45) is 0 Å². The molecular formula is C4H9N3O5. The van der Waals surface area contributed by atoms with Crippen molar-refractivity contribution in [3.8, 4) is 0 Å². The number of rotatable bonds is 1. The molecule has 1 amide bonds. The lowest BCUT2D eigenvalue weighted by molar-refractivity contribution is -1.20. The van der Waals surface area contributed by atoms with Gasteiger partial charge in [-0.25, -0.2) is 5.21 Å². The van der Waals surface area contributed by atoms with Crippen LogP contribution in [0.3, 0.4) is 0 Å². The van der Waals surface area contributed by atoms with E-state index in [1.165, 1.54) is 6.92 Å². The van der Waals surface area contributed by atoms with E-state index in [1.54, 1.807) is 0 Å². The van der Waals surface area contributed by atoms with Crippen LogP contribution in [0.1, 0.15) is 13.3 Å². The molecule has 2 unspecified atom stereocenters. The minimum atomic E-state index is -2.31. The third kappa shape index (κ3) is 0.982. The van der Waals surface area contributed by atoms with Crippen LogP contribution in [0.2, 0.25) is 0 Å². The first-order valence-electron chi connectivity index (χ1n) is 3.27. The van der Waals surface area contributed by atoms with Crippen molar-refractivity contribution >= 4 is 5.91 Å². The minimum absolute atomic E-state index is 0.00690. The number of amides is 1. The van der Waals surface area contributed by atoms with Crippen molar-refractivity contribution in [2.75, 3.05) is 0 Å². The molecule has 2 atom stereocenters. The Morgan fingerprint density at radius 1 is 1.67 bits per heavy atom. The lowest BCUT2D eigenvalue weighted by atomic mass is 10.2. The van der Waals surface area contributed by atoms with Gasteiger partial charge in [-0.15, -0.1) is 0 Å². The molecule has 12 heavy (non-hydrogen) atoms. The Morgan fingerprint density at radius 2 is 2.17 bits per heavy atom. The van der Waals surface area contributed by atoms with E-state index in [0.717, 1.165) is 0 Å². The maximum atomic E-state index is 11.0. The van der Waals surface area contributed by atoms with Gasteiger partial charge in [0.1, 0.15) is 5.28 Å². The van der Waals surface area contributed by atoms with Crippen molar-refractivity contribution in [1.82, 2.24) is 10.5 Å². The molecule has 1 fully saturated rings. The molecule has 0 bridgehead atoms. The molecule has 0 aromatic rings. The molecule has 0 spiro atoms. The van der Waals surface area contributed by atoms with Gasteiger partial charge in [0.25, 0.3) is 0 Å². The number of carbonyl (C=O) groups is 1. The summed E-state index contributed by atoms with van der Waals surface area (Å²) >= 11 is 0. The summed E-state index contributed by atoms with van der Waals surface area (Å²) in [5, 5.41) is 36.4. The fraction of sp³-hybridized carbons (Fsp3) is 0.750. The number of nitrogens with zero attached hydrogens (tertiary/aromatic N) is 3. The van der Waals surface area contributed by atoms with Crippen molar-refractivity contribution in [3.63, 3.8) is 0 Å². The van der Waals surface area contributed by atoms with E-state index >= 15 is 0 Å². The van der Waals surface area contributed by atoms with Gasteiger partial charge in [-0.05, 0) is 0 Å². The molecule has 0 aromatic carbocycles. The van der Waals surface area contributed by atoms with Gasteiger partial charge in [-0.2, -0.15) is 5.21 Å². The highest BCUT2D eigenvalue weighted by atomic mass is 17.0. The molecule has 0 aromatic heterocycles. The van der Waals surface area contributed by atoms with E-state index in [-0.39, 0.29) is 11.6 Å². The summed E-state index contributed by atoms with van der Waals surface area (Å²) in [7, 11) is 0. The second kappa shape index (κ2) is 2.62. The fourth-order valence-electron chi connectivity index (χ4n) is 1.02. The van der Waals surface area contributed by atoms with Crippen LogP contribution in [-0.2, 0) is 4.79 Å². The number of quaternary nitrogens is 1. The van der Waals surface area contributed by atoms with Crippen molar-refractivity contribution in [2.45, 2.75) is 19.4 Å². The molecule has 3 N–H and O–H groups in total. The van der Waals surface area contributed by atoms with E-state index in [4.69, 9.17) is 15.6 Å². The van der Waals surface area contributed by atoms with E-state index in [1.807, 2.05) is 0 Å². The Labute approximate surface area is 67.4 Å². The maximum Gasteiger partial charge on any atom is 0.331 e. The standard InChI is InChI=1S/C4H9N3O5/c1-2-3-4(8)5(9)6(10)7(3,11)12/h3,9-11H,2H2,1H3. The normalized spacial score (nSPS) is 37.9. The summed E-state index contributed by atoms with van der Waals surface area (Å²) < 4.78 is 0. The van der Waals surface area contributed by atoms with Gasteiger partial charge in [0.05, 0.1) is 0 Å². The molecule has 1 saturated heterocycles. The Kier molecular flexibility index (Phi) is 2.04. The predicted octanol–water partition coefficient (Wildman–Crippen LogP) is -0.779. The zero-order valence-electron chi connectivity index (χ0n) is 6.28. The van der Waals surface area contributed by atoms with Crippen LogP contribution >= 0.6 is 0 Å². The minimum Gasteiger partial charge on any atom is -0.574 e.